The van der Waals surface area contributed by atoms with E-state index in [1.165, 1.54) is 11.0 Å². The third-order valence-corrected chi connectivity index (χ3v) is 1.78. The van der Waals surface area contributed by atoms with Crippen LogP contribution < -0.4 is 0 Å². The molecule has 1 aliphatic heterocycles. The Morgan fingerprint density at radius 1 is 1.85 bits per heavy atom. The molecule has 1 atom stereocenters. The molecule has 0 saturated carbocycles. The number of nitrogens with zero attached hydrogens (tertiary/aromatic N) is 2. The number of hydrogen-bond acceptors (Lipinski definition) is 4. The van der Waals surface area contributed by atoms with Gasteiger partial charge in [0.25, 0.3) is 0 Å². The summed E-state index contributed by atoms with van der Waals surface area (Å²) in [5, 5.41) is 17.9. The van der Waals surface area contributed by atoms with E-state index >= 15 is 0 Å². The highest BCUT2D eigenvalue weighted by Crippen LogP contribution is 2.05. The molecule has 0 aromatic carbocycles. The molecule has 0 saturated heterocycles. The molecule has 0 aromatic heterocycles. The summed E-state index contributed by atoms with van der Waals surface area (Å²) in [4.78, 5) is 15.9. The average molecular weight is 184 g/mol. The van der Waals surface area contributed by atoms with Crippen LogP contribution in [0, 0.1) is 0 Å². The second-order valence-corrected chi connectivity index (χ2v) is 2.74. The first-order valence-electron chi connectivity index (χ1n) is 3.97. The van der Waals surface area contributed by atoms with E-state index in [9.17, 15) is 9.90 Å². The van der Waals surface area contributed by atoms with Crippen molar-refractivity contribution in [3.05, 3.63) is 12.7 Å². The molecule has 0 spiro atoms. The fraction of sp³-hybridized carbons (Fsp3) is 0.500. The molecule has 2 N–H and O–H groups in total. The van der Waals surface area contributed by atoms with Crippen LogP contribution in [0.1, 0.15) is 0 Å². The molecule has 0 radical (unpaired) electrons. The molecule has 13 heavy (non-hydrogen) atoms. The Hall–Kier alpha value is -1.36. The van der Waals surface area contributed by atoms with Gasteiger partial charge < -0.3 is 15.1 Å². The summed E-state index contributed by atoms with van der Waals surface area (Å²) >= 11 is 0. The van der Waals surface area contributed by atoms with E-state index in [4.69, 9.17) is 5.11 Å². The number of carbonyl (C=O) groups is 1. The van der Waals surface area contributed by atoms with Gasteiger partial charge in [0.1, 0.15) is 18.5 Å². The molecule has 0 aromatic rings. The first-order chi connectivity index (χ1) is 6.15. The third-order valence-electron chi connectivity index (χ3n) is 1.78. The van der Waals surface area contributed by atoms with Gasteiger partial charge in [0.2, 0.25) is 0 Å². The van der Waals surface area contributed by atoms with E-state index in [1.807, 2.05) is 0 Å². The largest absolute Gasteiger partial charge is 0.480 e. The number of hydrogen-bond donors (Lipinski definition) is 2. The number of aliphatic carboxylic acids is 1. The van der Waals surface area contributed by atoms with Crippen LogP contribution in [0.4, 0.5) is 0 Å². The molecule has 0 aliphatic carbocycles. The Morgan fingerprint density at radius 3 is 3.08 bits per heavy atom. The maximum Gasteiger partial charge on any atom is 0.323 e. The van der Waals surface area contributed by atoms with E-state index in [2.05, 4.69) is 11.6 Å². The zero-order valence-electron chi connectivity index (χ0n) is 7.18. The molecular weight excluding hydrogens is 172 g/mol. The zero-order valence-corrected chi connectivity index (χ0v) is 7.18. The molecule has 72 valence electrons. The van der Waals surface area contributed by atoms with Crippen LogP contribution in [0.15, 0.2) is 17.6 Å². The van der Waals surface area contributed by atoms with Gasteiger partial charge in [-0.2, -0.15) is 0 Å². The summed E-state index contributed by atoms with van der Waals surface area (Å²) in [7, 11) is 0. The van der Waals surface area contributed by atoms with Gasteiger partial charge in [0.05, 0.1) is 6.54 Å². The van der Waals surface area contributed by atoms with Gasteiger partial charge in [-0.05, 0) is 0 Å². The van der Waals surface area contributed by atoms with E-state index in [0.29, 0.717) is 18.9 Å². The summed E-state index contributed by atoms with van der Waals surface area (Å²) in [5.74, 6) is -0.525. The molecule has 5 nitrogen and oxygen atoms in total. The van der Waals surface area contributed by atoms with Gasteiger partial charge in [0.15, 0.2) is 0 Å². The topological polar surface area (TPSA) is 73.1 Å². The lowest BCUT2D eigenvalue weighted by Gasteiger charge is -2.19. The highest BCUT2D eigenvalue weighted by atomic mass is 16.4. The summed E-state index contributed by atoms with van der Waals surface area (Å²) in [6, 6.07) is 0. The maximum atomic E-state index is 10.4. The quantitative estimate of drug-likeness (QED) is 0.568. The highest BCUT2D eigenvalue weighted by molar-refractivity contribution is 5.91. The lowest BCUT2D eigenvalue weighted by atomic mass is 10.3. The minimum atomic E-state index is -0.925. The molecule has 5 heteroatoms. The van der Waals surface area contributed by atoms with Crippen molar-refractivity contribution in [2.24, 2.45) is 4.99 Å². The number of rotatable bonds is 4. The van der Waals surface area contributed by atoms with Crippen molar-refractivity contribution in [3.63, 3.8) is 0 Å². The molecule has 1 unspecified atom stereocenters. The number of carboxylic acid groups (broad SMARTS) is 1. The predicted octanol–water partition coefficient (Wildman–Crippen LogP) is -0.668. The zero-order chi connectivity index (χ0) is 9.84. The summed E-state index contributed by atoms with van der Waals surface area (Å²) < 4.78 is 0. The highest BCUT2D eigenvalue weighted by Gasteiger charge is 2.23. The van der Waals surface area contributed by atoms with Crippen molar-refractivity contribution < 1.29 is 15.0 Å². The second-order valence-electron chi connectivity index (χ2n) is 2.74. The van der Waals surface area contributed by atoms with E-state index < -0.39 is 12.1 Å². The van der Waals surface area contributed by atoms with Crippen LogP contribution in [0.25, 0.3) is 0 Å². The van der Waals surface area contributed by atoms with Crippen molar-refractivity contribution >= 4 is 11.8 Å². The Kier molecular flexibility index (Phi) is 3.02. The number of aliphatic hydroxyl groups excluding tert-OH is 1. The first-order valence-corrected chi connectivity index (χ1v) is 3.97. The van der Waals surface area contributed by atoms with Crippen LogP contribution in [-0.4, -0.2) is 52.7 Å². The monoisotopic (exact) mass is 184 g/mol. The molecule has 0 fully saturated rings. The van der Waals surface area contributed by atoms with Gasteiger partial charge in [0, 0.05) is 6.54 Å². The van der Waals surface area contributed by atoms with Crippen molar-refractivity contribution in [2.75, 3.05) is 19.6 Å². The average Bonchev–Trinajstić information content (AvgIpc) is 2.50. The molecule has 0 amide bonds. The van der Waals surface area contributed by atoms with Crippen molar-refractivity contribution in [1.29, 1.82) is 0 Å². The Morgan fingerprint density at radius 2 is 2.54 bits per heavy atom. The number of carboxylic acids is 1. The van der Waals surface area contributed by atoms with Crippen molar-refractivity contribution in [2.45, 2.75) is 6.10 Å². The van der Waals surface area contributed by atoms with Crippen molar-refractivity contribution in [3.8, 4) is 0 Å². The van der Waals surface area contributed by atoms with Crippen LogP contribution in [0.3, 0.4) is 0 Å². The standard InChI is InChI=1S/C8H12N2O3/c1-2-6(11)8-9-3-4-10(8)5-7(12)13/h2,6,11H,1,3-5H2,(H,12,13). The second kappa shape index (κ2) is 4.04. The number of amidine groups is 1. The lowest BCUT2D eigenvalue weighted by molar-refractivity contribution is -0.137. The third kappa shape index (κ3) is 2.29. The Labute approximate surface area is 76.0 Å². The normalized spacial score (nSPS) is 18.2. The van der Waals surface area contributed by atoms with Gasteiger partial charge in [-0.15, -0.1) is 6.58 Å². The summed E-state index contributed by atoms with van der Waals surface area (Å²) in [5.41, 5.74) is 0. The summed E-state index contributed by atoms with van der Waals surface area (Å²) in [6.45, 7) is 4.38. The molecule has 1 aliphatic rings. The SMILES string of the molecule is C=CC(O)C1=NCCN1CC(=O)O. The Bertz CT molecular complexity index is 250. The van der Waals surface area contributed by atoms with Gasteiger partial charge >= 0.3 is 5.97 Å². The van der Waals surface area contributed by atoms with Crippen LogP contribution in [0.5, 0.6) is 0 Å². The van der Waals surface area contributed by atoms with E-state index in [0.717, 1.165) is 0 Å². The fourth-order valence-electron chi connectivity index (χ4n) is 1.21. The van der Waals surface area contributed by atoms with Crippen LogP contribution in [-0.2, 0) is 4.79 Å². The Balaban J connectivity index is 2.62. The molecule has 1 heterocycles. The van der Waals surface area contributed by atoms with Crippen LogP contribution >= 0.6 is 0 Å². The van der Waals surface area contributed by atoms with E-state index in [1.54, 1.807) is 0 Å². The maximum absolute atomic E-state index is 10.4. The minimum Gasteiger partial charge on any atom is -0.480 e. The summed E-state index contributed by atoms with van der Waals surface area (Å²) in [6.07, 6.45) is 0.473. The number of aliphatic imine (C=N–C) groups is 1. The fourth-order valence-corrected chi connectivity index (χ4v) is 1.21. The predicted molar refractivity (Wildman–Crippen MR) is 47.7 cm³/mol. The van der Waals surface area contributed by atoms with Gasteiger partial charge in [-0.3, -0.25) is 9.79 Å². The van der Waals surface area contributed by atoms with E-state index in [-0.39, 0.29) is 6.54 Å². The van der Waals surface area contributed by atoms with Crippen LogP contribution in [0.2, 0.25) is 0 Å². The van der Waals surface area contributed by atoms with Gasteiger partial charge in [-0.1, -0.05) is 6.08 Å². The lowest BCUT2D eigenvalue weighted by Crippen LogP contribution is -2.38. The smallest absolute Gasteiger partial charge is 0.323 e. The van der Waals surface area contributed by atoms with Gasteiger partial charge in [-0.25, -0.2) is 0 Å². The first kappa shape index (κ1) is 9.73. The number of aliphatic hydroxyl groups is 1. The molecule has 1 rings (SSSR count). The van der Waals surface area contributed by atoms with Crippen molar-refractivity contribution in [1.82, 2.24) is 4.90 Å². The minimum absolute atomic E-state index is 0.121. The molecular formula is C8H12N2O3. The molecule has 0 bridgehead atoms.